The van der Waals surface area contributed by atoms with Gasteiger partial charge in [0.05, 0.1) is 38.2 Å². The molecule has 8 aromatic rings. The first-order chi connectivity index (χ1) is 42.0. The maximum absolute atomic E-state index is 14.1. The molecule has 0 fully saturated rings. The Hall–Kier alpha value is -8.84. The number of rotatable bonds is 17. The quantitative estimate of drug-likeness (QED) is 0.0418. The van der Waals surface area contributed by atoms with E-state index in [4.69, 9.17) is 52.1 Å². The summed E-state index contributed by atoms with van der Waals surface area (Å²) in [6.07, 6.45) is -10.6. The molecule has 3 amide bonds. The molecule has 0 unspecified atom stereocenters. The summed E-state index contributed by atoms with van der Waals surface area (Å²) in [5.74, 6) is -32.3. The summed E-state index contributed by atoms with van der Waals surface area (Å²) in [6, 6.07) is 13.7. The highest BCUT2D eigenvalue weighted by Crippen LogP contribution is 2.52. The number of aryl methyl sites for hydroxylation is 2. The zero-order valence-corrected chi connectivity index (χ0v) is 49.7. The number of halogens is 18. The Morgan fingerprint density at radius 1 is 0.560 bits per heavy atom. The van der Waals surface area contributed by atoms with Crippen LogP contribution in [-0.4, -0.2) is 135 Å². The predicted molar refractivity (Wildman–Crippen MR) is 293 cm³/mol. The van der Waals surface area contributed by atoms with Gasteiger partial charge in [-0.15, -0.1) is 20.4 Å². The van der Waals surface area contributed by atoms with Gasteiger partial charge in [-0.2, -0.15) is 81.3 Å². The van der Waals surface area contributed by atoms with Crippen LogP contribution in [0.5, 0.6) is 0 Å². The fourth-order valence-corrected chi connectivity index (χ4v) is 8.35. The number of carboxylic acid groups (broad SMARTS) is 1. The Morgan fingerprint density at radius 2 is 0.956 bits per heavy atom. The first-order valence-corrected chi connectivity index (χ1v) is 26.6. The minimum atomic E-state index is -6.61. The molecule has 2 aromatic carbocycles. The van der Waals surface area contributed by atoms with Crippen molar-refractivity contribution < 1.29 is 85.8 Å². The lowest BCUT2D eigenvalue weighted by Crippen LogP contribution is -2.50. The van der Waals surface area contributed by atoms with Crippen molar-refractivity contribution >= 4 is 81.5 Å². The smallest absolute Gasteiger partial charge is 0.460 e. The summed E-state index contributed by atoms with van der Waals surface area (Å²) in [5.41, 5.74) is 6.94. The Bertz CT molecular complexity index is 4010. The summed E-state index contributed by atoms with van der Waals surface area (Å²) in [4.78, 5) is 58.1. The first kappa shape index (κ1) is 71.2. The number of alkyl halides is 14. The Labute approximate surface area is 521 Å². The maximum atomic E-state index is 14.1. The number of benzene rings is 2. The van der Waals surface area contributed by atoms with E-state index in [1.165, 1.54) is 48.8 Å². The van der Waals surface area contributed by atoms with Gasteiger partial charge >= 0.3 is 42.0 Å². The van der Waals surface area contributed by atoms with Crippen LogP contribution in [-0.2, 0) is 24.9 Å². The number of amides is 3. The molecule has 6 heterocycles. The fourth-order valence-electron chi connectivity index (χ4n) is 7.40. The van der Waals surface area contributed by atoms with Gasteiger partial charge in [0.2, 0.25) is 0 Å². The number of carbonyl (C=O) groups excluding carboxylic acids is 3. The van der Waals surface area contributed by atoms with E-state index in [9.17, 15) is 85.8 Å². The maximum Gasteiger partial charge on any atom is 0.460 e. The Morgan fingerprint density at radius 3 is 1.36 bits per heavy atom. The van der Waals surface area contributed by atoms with Gasteiger partial charge in [0.15, 0.2) is 17.3 Å². The highest BCUT2D eigenvalue weighted by molar-refractivity contribution is 6.33. The van der Waals surface area contributed by atoms with E-state index in [1.807, 2.05) is 20.8 Å². The summed E-state index contributed by atoms with van der Waals surface area (Å²) < 4.78 is 185. The van der Waals surface area contributed by atoms with Crippen molar-refractivity contribution in [1.29, 1.82) is 0 Å². The highest BCUT2D eigenvalue weighted by atomic mass is 35.5. The number of aromatic carboxylic acids is 1. The van der Waals surface area contributed by atoms with Crippen LogP contribution in [0, 0.1) is 13.8 Å². The molecule has 91 heavy (non-hydrogen) atoms. The molecule has 0 aliphatic carbocycles. The number of hydrogen-bond donors (Lipinski definition) is 5. The second kappa shape index (κ2) is 27.3. The number of aromatic nitrogens is 14. The van der Waals surface area contributed by atoms with Crippen molar-refractivity contribution in [2.24, 2.45) is 0 Å². The molecule has 0 saturated carbocycles. The van der Waals surface area contributed by atoms with Gasteiger partial charge < -0.3 is 26.8 Å². The van der Waals surface area contributed by atoms with Crippen LogP contribution in [0.15, 0.2) is 73.1 Å². The topological polar surface area (TPSA) is 299 Å². The summed E-state index contributed by atoms with van der Waals surface area (Å²) in [6.45, 7) is 9.22. The molecule has 0 bridgehead atoms. The van der Waals surface area contributed by atoms with E-state index in [0.717, 1.165) is 27.1 Å². The van der Waals surface area contributed by atoms with Crippen LogP contribution in [0.4, 0.5) is 72.8 Å². The minimum absolute atomic E-state index is 0.00911. The SMILES string of the molecule is Cc1cc(Cl)cc(C(=O)NC(C)C)c1N.Cc1cc(Cl)cc(C(=O)NC(C)C)c1NC(=O)c1cc(Cn2nnc(C(F)(F)C(F)(F)C(F)(F)F)n2)nn1-c1ncccc1Cl.O=C(O)c1cc(Cn2nnc(C(F)(F)C(F)(F)C(F)(F)F)n2)nn1-c1ncccc1Cl. The van der Waals surface area contributed by atoms with Gasteiger partial charge in [0.25, 0.3) is 29.4 Å². The molecule has 41 heteroatoms. The van der Waals surface area contributed by atoms with E-state index < -0.39 is 84.3 Å². The summed E-state index contributed by atoms with van der Waals surface area (Å²) >= 11 is 24.2. The van der Waals surface area contributed by atoms with Crippen molar-refractivity contribution in [3.8, 4) is 11.6 Å². The monoisotopic (exact) mass is 1380 g/mol. The molecule has 6 N–H and O–H groups in total. The lowest BCUT2D eigenvalue weighted by atomic mass is 10.1. The molecule has 0 aliphatic heterocycles. The van der Waals surface area contributed by atoms with Gasteiger partial charge in [-0.1, -0.05) is 46.4 Å². The standard InChI is InChI=1S/C25H20Cl2F7N9O2.C14H7ClF7N7O2.C11H15ClN2O/c1-11(2)36-20(44)15-8-13(26)7-12(3)18(15)37-21(45)17-9-14(39-43(17)19-16(27)5-4-6-35-19)10-42-40-22(38-41-42)23(28,29)24(30,31)25(32,33)34;15-7-2-1-3-23-9(7)29-8(10(30)31)4-6(25-29)5-28-26-11(24-27-28)12(16,17)13(18,19)14(20,21)22;1-6(2)14-11(15)9-5-8(12)4-7(3)10(9)13/h4-9,11H,10H2,1-3H3,(H,36,44)(H,37,45);1-4H,5H2,(H,30,31);4-6H,13H2,1-3H3,(H,14,15). The number of anilines is 2. The molecule has 488 valence electrons. The molecule has 8 rings (SSSR count). The minimum Gasteiger partial charge on any atom is -0.477 e. The third kappa shape index (κ3) is 15.8. The van der Waals surface area contributed by atoms with Crippen LogP contribution in [0.1, 0.15) is 104 Å². The summed E-state index contributed by atoms with van der Waals surface area (Å²) in [5, 5.41) is 43.4. The van der Waals surface area contributed by atoms with E-state index in [0.29, 0.717) is 21.8 Å². The van der Waals surface area contributed by atoms with Gasteiger partial charge in [0, 0.05) is 40.2 Å². The van der Waals surface area contributed by atoms with Gasteiger partial charge in [0.1, 0.15) is 18.8 Å². The molecule has 0 atom stereocenters. The zero-order chi connectivity index (χ0) is 68.3. The van der Waals surface area contributed by atoms with Crippen molar-refractivity contribution in [3.05, 3.63) is 150 Å². The number of carbonyl (C=O) groups is 4. The van der Waals surface area contributed by atoms with Gasteiger partial charge in [-0.05, 0) is 124 Å². The van der Waals surface area contributed by atoms with Crippen LogP contribution < -0.4 is 21.7 Å². The number of hydrogen-bond acceptors (Lipinski definition) is 15. The third-order valence-corrected chi connectivity index (χ3v) is 12.7. The van der Waals surface area contributed by atoms with Crippen molar-refractivity contribution in [3.63, 3.8) is 0 Å². The number of pyridine rings is 2. The summed E-state index contributed by atoms with van der Waals surface area (Å²) in [7, 11) is 0. The number of nitrogen functional groups attached to an aromatic ring is 1. The number of nitrogens with two attached hydrogens (primary N) is 1. The second-order valence-corrected chi connectivity index (χ2v) is 21.1. The third-order valence-electron chi connectivity index (χ3n) is 11.6. The zero-order valence-electron chi connectivity index (χ0n) is 46.7. The van der Waals surface area contributed by atoms with Gasteiger partial charge in [-0.25, -0.2) is 24.1 Å². The van der Waals surface area contributed by atoms with Crippen molar-refractivity contribution in [2.45, 2.75) is 103 Å². The number of nitrogens with one attached hydrogen (secondary N) is 3. The average Bonchev–Trinajstić information content (AvgIpc) is 1.78. The van der Waals surface area contributed by atoms with Crippen LogP contribution >= 0.6 is 46.4 Å². The molecule has 0 spiro atoms. The Balaban J connectivity index is 0.000000246. The lowest BCUT2D eigenvalue weighted by molar-refractivity contribution is -0.361. The number of nitrogens with zero attached hydrogens (tertiary/aromatic N) is 14. The first-order valence-electron chi connectivity index (χ1n) is 25.1. The van der Waals surface area contributed by atoms with Crippen LogP contribution in [0.3, 0.4) is 0 Å². The van der Waals surface area contributed by atoms with Crippen molar-refractivity contribution in [1.82, 2.24) is 80.6 Å². The predicted octanol–water partition coefficient (Wildman–Crippen LogP) is 10.9. The molecule has 23 nitrogen and oxygen atoms in total. The molecule has 0 saturated heterocycles. The van der Waals surface area contributed by atoms with E-state index >= 15 is 0 Å². The molecule has 0 aliphatic rings. The molecule has 6 aromatic heterocycles. The second-order valence-electron chi connectivity index (χ2n) is 19.4. The lowest BCUT2D eigenvalue weighted by Gasteiger charge is -2.25. The molecular weight excluding hydrogens is 1340 g/mol. The average molecular weight is 1380 g/mol. The van der Waals surface area contributed by atoms with Crippen molar-refractivity contribution in [2.75, 3.05) is 11.1 Å². The molecular formula is C50H42Cl4F14N18O5. The van der Waals surface area contributed by atoms with Crippen LogP contribution in [0.2, 0.25) is 20.1 Å². The molecule has 0 radical (unpaired) electrons. The van der Waals surface area contributed by atoms with Crippen LogP contribution in [0.25, 0.3) is 11.6 Å². The van der Waals surface area contributed by atoms with E-state index in [1.54, 1.807) is 32.9 Å². The van der Waals surface area contributed by atoms with Gasteiger partial charge in [-0.3, -0.25) is 14.4 Å². The number of carboxylic acids is 1. The highest BCUT2D eigenvalue weighted by Gasteiger charge is 2.76. The normalized spacial score (nSPS) is 12.3. The number of tetrazole rings is 2. The van der Waals surface area contributed by atoms with E-state index in [2.05, 4.69) is 66.9 Å². The fraction of sp³-hybridized carbons (Fsp3) is 0.320. The Kier molecular flexibility index (Phi) is 21.4. The van der Waals surface area contributed by atoms with E-state index in [-0.39, 0.29) is 82.6 Å². The largest absolute Gasteiger partial charge is 0.477 e.